The Morgan fingerprint density at radius 1 is 1.24 bits per heavy atom. The molecule has 0 saturated carbocycles. The molecule has 0 aliphatic rings. The molecule has 1 heterocycles. The van der Waals surface area contributed by atoms with Gasteiger partial charge < -0.3 is 15.4 Å². The number of para-hydroxylation sites is 2. The fraction of sp³-hybridized carbons (Fsp3) is 0.474. The number of benzene rings is 1. The fourth-order valence-electron chi connectivity index (χ4n) is 2.45. The van der Waals surface area contributed by atoms with Gasteiger partial charge in [0.05, 0.1) is 29.4 Å². The van der Waals surface area contributed by atoms with E-state index in [0.717, 1.165) is 28.5 Å². The molecule has 136 valence electrons. The lowest BCUT2D eigenvalue weighted by Crippen LogP contribution is -2.32. The zero-order chi connectivity index (χ0) is 18.6. The van der Waals surface area contributed by atoms with Crippen molar-refractivity contribution in [2.75, 3.05) is 17.2 Å². The molecule has 0 spiro atoms. The molecule has 2 aromatic rings. The smallest absolute Gasteiger partial charge is 0.246 e. The highest BCUT2D eigenvalue weighted by Gasteiger charge is 2.18. The van der Waals surface area contributed by atoms with Gasteiger partial charge in [-0.3, -0.25) is 9.48 Å². The number of aromatic nitrogens is 2. The minimum absolute atomic E-state index is 0.113. The van der Waals surface area contributed by atoms with E-state index in [0.29, 0.717) is 12.5 Å². The number of hydrogen-bond acceptors (Lipinski definition) is 4. The Hall–Kier alpha value is -2.50. The Bertz CT molecular complexity index is 737. The number of amides is 1. The summed E-state index contributed by atoms with van der Waals surface area (Å²) in [6.45, 7) is 10.5. The van der Waals surface area contributed by atoms with Crippen molar-refractivity contribution in [1.29, 1.82) is 0 Å². The zero-order valence-electron chi connectivity index (χ0n) is 15.9. The van der Waals surface area contributed by atoms with Crippen LogP contribution in [-0.4, -0.2) is 28.3 Å². The zero-order valence-corrected chi connectivity index (χ0v) is 15.9. The van der Waals surface area contributed by atoms with Crippen LogP contribution in [-0.2, 0) is 11.8 Å². The van der Waals surface area contributed by atoms with Crippen LogP contribution < -0.4 is 15.4 Å². The minimum atomic E-state index is -0.414. The van der Waals surface area contributed by atoms with Crippen molar-refractivity contribution in [3.63, 3.8) is 0 Å². The van der Waals surface area contributed by atoms with Gasteiger partial charge in [-0.1, -0.05) is 26.0 Å². The summed E-state index contributed by atoms with van der Waals surface area (Å²) < 4.78 is 7.59. The number of ether oxygens (including phenoxy) is 1. The van der Waals surface area contributed by atoms with Gasteiger partial charge in [0.25, 0.3) is 0 Å². The maximum absolute atomic E-state index is 12.6. The standard InChI is InChI=1S/C19H28N4O2/c1-12(2)11-25-17-10-8-7-9-16(17)20-14(4)19(24)21-18-13(3)22-23(6)15(18)5/h7-10,12,14,20H,11H2,1-6H3,(H,21,24). The van der Waals surface area contributed by atoms with Gasteiger partial charge in [-0.05, 0) is 38.8 Å². The number of nitrogens with one attached hydrogen (secondary N) is 2. The van der Waals surface area contributed by atoms with Crippen molar-refractivity contribution in [3.8, 4) is 5.75 Å². The first-order valence-corrected chi connectivity index (χ1v) is 8.59. The molecule has 1 aromatic heterocycles. The molecule has 25 heavy (non-hydrogen) atoms. The Balaban J connectivity index is 2.06. The quantitative estimate of drug-likeness (QED) is 0.806. The number of hydrogen-bond donors (Lipinski definition) is 2. The summed E-state index contributed by atoms with van der Waals surface area (Å²) in [7, 11) is 1.86. The highest BCUT2D eigenvalue weighted by molar-refractivity contribution is 5.97. The third kappa shape index (κ3) is 4.75. The number of aryl methyl sites for hydroxylation is 2. The van der Waals surface area contributed by atoms with E-state index in [4.69, 9.17) is 4.74 Å². The molecule has 0 fully saturated rings. The molecule has 1 atom stereocenters. The third-order valence-corrected chi connectivity index (χ3v) is 3.98. The van der Waals surface area contributed by atoms with Crippen molar-refractivity contribution < 1.29 is 9.53 Å². The second-order valence-corrected chi connectivity index (χ2v) is 6.73. The molecule has 2 N–H and O–H groups in total. The molecule has 1 unspecified atom stereocenters. The normalized spacial score (nSPS) is 12.1. The van der Waals surface area contributed by atoms with Crippen LogP contribution >= 0.6 is 0 Å². The molecule has 0 bridgehead atoms. The number of nitrogens with zero attached hydrogens (tertiary/aromatic N) is 2. The lowest BCUT2D eigenvalue weighted by Gasteiger charge is -2.19. The third-order valence-electron chi connectivity index (χ3n) is 3.98. The molecule has 0 aliphatic heterocycles. The average Bonchev–Trinajstić information content (AvgIpc) is 2.80. The highest BCUT2D eigenvalue weighted by Crippen LogP contribution is 2.25. The van der Waals surface area contributed by atoms with E-state index < -0.39 is 6.04 Å². The van der Waals surface area contributed by atoms with Crippen LogP contribution in [0.1, 0.15) is 32.2 Å². The van der Waals surface area contributed by atoms with Crippen LogP contribution in [0.4, 0.5) is 11.4 Å². The van der Waals surface area contributed by atoms with E-state index in [1.54, 1.807) is 4.68 Å². The van der Waals surface area contributed by atoms with Gasteiger partial charge in [-0.2, -0.15) is 5.10 Å². The summed E-state index contributed by atoms with van der Waals surface area (Å²) in [5, 5.41) is 10.5. The van der Waals surface area contributed by atoms with Gasteiger partial charge in [0, 0.05) is 7.05 Å². The fourth-order valence-corrected chi connectivity index (χ4v) is 2.45. The summed E-state index contributed by atoms with van der Waals surface area (Å²) in [4.78, 5) is 12.6. The number of carbonyl (C=O) groups is 1. The summed E-state index contributed by atoms with van der Waals surface area (Å²) in [6.07, 6.45) is 0. The molecule has 1 aromatic carbocycles. The first-order valence-electron chi connectivity index (χ1n) is 8.59. The molecule has 6 heteroatoms. The van der Waals surface area contributed by atoms with Crippen molar-refractivity contribution >= 4 is 17.3 Å². The van der Waals surface area contributed by atoms with Crippen molar-refractivity contribution in [1.82, 2.24) is 9.78 Å². The van der Waals surface area contributed by atoms with E-state index in [-0.39, 0.29) is 5.91 Å². The minimum Gasteiger partial charge on any atom is -0.491 e. The summed E-state index contributed by atoms with van der Waals surface area (Å²) >= 11 is 0. The van der Waals surface area contributed by atoms with E-state index in [9.17, 15) is 4.79 Å². The maximum Gasteiger partial charge on any atom is 0.246 e. The van der Waals surface area contributed by atoms with Gasteiger partial charge >= 0.3 is 0 Å². The summed E-state index contributed by atoms with van der Waals surface area (Å²) in [5.41, 5.74) is 3.32. The maximum atomic E-state index is 12.6. The molecule has 1 amide bonds. The second-order valence-electron chi connectivity index (χ2n) is 6.73. The van der Waals surface area contributed by atoms with Crippen molar-refractivity contribution in [2.45, 2.75) is 40.7 Å². The topological polar surface area (TPSA) is 68.2 Å². The molecular weight excluding hydrogens is 316 g/mol. The van der Waals surface area contributed by atoms with Crippen LogP contribution in [0.5, 0.6) is 5.75 Å². The molecule has 0 aliphatic carbocycles. The van der Waals surface area contributed by atoms with Gasteiger partial charge in [-0.15, -0.1) is 0 Å². The SMILES string of the molecule is Cc1nn(C)c(C)c1NC(=O)C(C)Nc1ccccc1OCC(C)C. The van der Waals surface area contributed by atoms with Crippen LogP contribution in [0.15, 0.2) is 24.3 Å². The van der Waals surface area contributed by atoms with E-state index in [1.807, 2.05) is 52.1 Å². The first kappa shape index (κ1) is 18.8. The largest absolute Gasteiger partial charge is 0.491 e. The Kier molecular flexibility index (Phi) is 6.07. The van der Waals surface area contributed by atoms with Crippen molar-refractivity contribution in [3.05, 3.63) is 35.7 Å². The Morgan fingerprint density at radius 2 is 1.92 bits per heavy atom. The highest BCUT2D eigenvalue weighted by atomic mass is 16.5. The Morgan fingerprint density at radius 3 is 2.52 bits per heavy atom. The molecule has 6 nitrogen and oxygen atoms in total. The van der Waals surface area contributed by atoms with Crippen molar-refractivity contribution in [2.24, 2.45) is 13.0 Å². The van der Waals surface area contributed by atoms with Gasteiger partial charge in [0.2, 0.25) is 5.91 Å². The number of anilines is 2. The lowest BCUT2D eigenvalue weighted by molar-refractivity contribution is -0.116. The Labute approximate surface area is 149 Å². The second kappa shape index (κ2) is 8.05. The molecule has 0 saturated heterocycles. The molecular formula is C19H28N4O2. The van der Waals surface area contributed by atoms with Gasteiger partial charge in [-0.25, -0.2) is 0 Å². The van der Waals surface area contributed by atoms with Gasteiger partial charge in [0.15, 0.2) is 0 Å². The first-order chi connectivity index (χ1) is 11.8. The van der Waals surface area contributed by atoms with E-state index in [1.165, 1.54) is 0 Å². The number of carbonyl (C=O) groups excluding carboxylic acids is 1. The van der Waals surface area contributed by atoms with Crippen LogP contribution in [0.25, 0.3) is 0 Å². The monoisotopic (exact) mass is 344 g/mol. The van der Waals surface area contributed by atoms with E-state index >= 15 is 0 Å². The number of rotatable bonds is 7. The van der Waals surface area contributed by atoms with Crippen LogP contribution in [0.3, 0.4) is 0 Å². The predicted molar refractivity (Wildman–Crippen MR) is 101 cm³/mol. The van der Waals surface area contributed by atoms with Crippen LogP contribution in [0, 0.1) is 19.8 Å². The van der Waals surface area contributed by atoms with Gasteiger partial charge in [0.1, 0.15) is 11.8 Å². The molecule has 0 radical (unpaired) electrons. The van der Waals surface area contributed by atoms with Crippen LogP contribution in [0.2, 0.25) is 0 Å². The summed E-state index contributed by atoms with van der Waals surface area (Å²) in [6, 6.07) is 7.26. The molecule has 2 rings (SSSR count). The average molecular weight is 344 g/mol. The predicted octanol–water partition coefficient (Wildman–Crippen LogP) is 3.51. The summed E-state index contributed by atoms with van der Waals surface area (Å²) in [5.74, 6) is 1.08. The van der Waals surface area contributed by atoms with E-state index in [2.05, 4.69) is 29.6 Å². The lowest BCUT2D eigenvalue weighted by atomic mass is 10.2.